The number of Topliss-reactive ketones (excluding diaryl/α,β-unsaturated/α-hetero) is 1. The van der Waals surface area contributed by atoms with Crippen LogP contribution in [-0.2, 0) is 16.0 Å². The standard InChI is InChI=1S/C40H51ClN4O4S/c1-10-14-26(5)44-45-28(7)33(23-34(46)49-9)43-37(31-18-20-32(41)21-19-31)36-27(6)39(50-29(36)8)40(48)42-22-13-17-30-16-12-15-25(4)35(30)38(47)24(3)11-2/h12,15-16,18-21,24,33H,10-11,13-14,17,22-23H2,1-9H3,(H,42,48)/b43-37?,44-26-,45-28+/t24-,33?/m1/s1. The van der Waals surface area contributed by atoms with E-state index >= 15 is 0 Å². The smallest absolute Gasteiger partial charge is 0.308 e. The molecule has 3 aromatic rings. The van der Waals surface area contributed by atoms with Gasteiger partial charge in [0, 0.05) is 44.8 Å². The van der Waals surface area contributed by atoms with Gasteiger partial charge in [-0.15, -0.1) is 11.3 Å². The van der Waals surface area contributed by atoms with Crippen LogP contribution in [0.15, 0.2) is 57.7 Å². The average Bonchev–Trinajstić information content (AvgIpc) is 3.39. The molecule has 0 fully saturated rings. The van der Waals surface area contributed by atoms with Crippen molar-refractivity contribution in [2.75, 3.05) is 13.7 Å². The molecule has 0 saturated carbocycles. The number of ketones is 1. The number of aliphatic imine (C=N–C) groups is 1. The van der Waals surface area contributed by atoms with Gasteiger partial charge in [-0.3, -0.25) is 19.4 Å². The van der Waals surface area contributed by atoms with Crippen molar-refractivity contribution in [3.8, 4) is 0 Å². The number of aryl methyl sites for hydroxylation is 3. The Kier molecular flexibility index (Phi) is 15.7. The van der Waals surface area contributed by atoms with Crippen LogP contribution >= 0.6 is 22.9 Å². The zero-order chi connectivity index (χ0) is 37.0. The molecule has 2 aromatic carbocycles. The lowest BCUT2D eigenvalue weighted by Crippen LogP contribution is -2.25. The summed E-state index contributed by atoms with van der Waals surface area (Å²) >= 11 is 7.67. The maximum atomic E-state index is 13.6. The number of nitrogens with one attached hydrogen (secondary N) is 1. The number of carbonyl (C=O) groups is 3. The first-order chi connectivity index (χ1) is 23.8. The number of amides is 1. The van der Waals surface area contributed by atoms with Gasteiger partial charge in [0.05, 0.1) is 29.8 Å². The number of ether oxygens (including phenoxy) is 1. The second kappa shape index (κ2) is 19.4. The van der Waals surface area contributed by atoms with Crippen LogP contribution in [0.25, 0.3) is 0 Å². The molecule has 1 aromatic heterocycles. The number of methoxy groups -OCH3 is 1. The van der Waals surface area contributed by atoms with Crippen molar-refractivity contribution in [1.29, 1.82) is 0 Å². The Morgan fingerprint density at radius 2 is 1.68 bits per heavy atom. The van der Waals surface area contributed by atoms with Gasteiger partial charge in [-0.05, 0) is 89.1 Å². The Morgan fingerprint density at radius 1 is 0.980 bits per heavy atom. The Labute approximate surface area is 306 Å². The molecule has 0 aliphatic heterocycles. The molecule has 268 valence electrons. The Hall–Kier alpha value is -3.95. The number of nitrogens with zero attached hydrogens (tertiary/aromatic N) is 3. The number of carbonyl (C=O) groups excluding carboxylic acids is 3. The van der Waals surface area contributed by atoms with Crippen LogP contribution in [0.5, 0.6) is 0 Å². The monoisotopic (exact) mass is 718 g/mol. The first-order valence-corrected chi connectivity index (χ1v) is 18.5. The summed E-state index contributed by atoms with van der Waals surface area (Å²) in [6.07, 6.45) is 3.92. The van der Waals surface area contributed by atoms with E-state index < -0.39 is 12.0 Å². The molecule has 3 rings (SSSR count). The highest BCUT2D eigenvalue weighted by atomic mass is 35.5. The maximum Gasteiger partial charge on any atom is 0.308 e. The van der Waals surface area contributed by atoms with E-state index in [1.165, 1.54) is 18.4 Å². The highest BCUT2D eigenvalue weighted by molar-refractivity contribution is 7.14. The Balaban J connectivity index is 1.95. The fraction of sp³-hybridized carbons (Fsp3) is 0.450. The first-order valence-electron chi connectivity index (χ1n) is 17.3. The summed E-state index contributed by atoms with van der Waals surface area (Å²) in [7, 11) is 1.35. The van der Waals surface area contributed by atoms with Crippen molar-refractivity contribution >= 4 is 57.7 Å². The molecule has 2 atom stereocenters. The normalized spacial score (nSPS) is 13.6. The summed E-state index contributed by atoms with van der Waals surface area (Å²) in [6, 6.07) is 12.7. The highest BCUT2D eigenvalue weighted by Crippen LogP contribution is 2.31. The van der Waals surface area contributed by atoms with Gasteiger partial charge in [0.15, 0.2) is 5.78 Å². The average molecular weight is 719 g/mol. The third kappa shape index (κ3) is 10.8. The Bertz CT molecular complexity index is 1760. The zero-order valence-corrected chi connectivity index (χ0v) is 32.5. The molecule has 10 heteroatoms. The van der Waals surface area contributed by atoms with Crippen molar-refractivity contribution in [3.05, 3.63) is 90.6 Å². The van der Waals surface area contributed by atoms with Crippen LogP contribution in [-0.4, -0.2) is 54.5 Å². The minimum atomic E-state index is -0.652. The van der Waals surface area contributed by atoms with E-state index in [2.05, 4.69) is 22.4 Å². The van der Waals surface area contributed by atoms with Crippen LogP contribution in [0, 0.1) is 26.7 Å². The van der Waals surface area contributed by atoms with Gasteiger partial charge in [0.1, 0.15) is 6.04 Å². The summed E-state index contributed by atoms with van der Waals surface area (Å²) in [5.74, 6) is -0.443. The van der Waals surface area contributed by atoms with Crippen LogP contribution in [0.3, 0.4) is 0 Å². The van der Waals surface area contributed by atoms with Crippen LogP contribution in [0.4, 0.5) is 0 Å². The topological polar surface area (TPSA) is 110 Å². The molecular weight excluding hydrogens is 668 g/mol. The van der Waals surface area contributed by atoms with Crippen molar-refractivity contribution in [1.82, 2.24) is 5.32 Å². The lowest BCUT2D eigenvalue weighted by molar-refractivity contribution is -0.140. The quantitative estimate of drug-likeness (QED) is 0.0493. The fourth-order valence-electron chi connectivity index (χ4n) is 5.72. The van der Waals surface area contributed by atoms with Crippen molar-refractivity contribution in [2.24, 2.45) is 21.1 Å². The molecule has 1 amide bonds. The van der Waals surface area contributed by atoms with E-state index in [0.29, 0.717) is 40.7 Å². The minimum absolute atomic E-state index is 0.0214. The number of benzene rings is 2. The lowest BCUT2D eigenvalue weighted by atomic mass is 9.89. The van der Waals surface area contributed by atoms with Crippen LogP contribution in [0.1, 0.15) is 119 Å². The predicted octanol–water partition coefficient (Wildman–Crippen LogP) is 9.32. The van der Waals surface area contributed by atoms with E-state index in [1.807, 2.05) is 78.8 Å². The van der Waals surface area contributed by atoms with E-state index in [4.69, 9.17) is 21.3 Å². The molecule has 50 heavy (non-hydrogen) atoms. The fourth-order valence-corrected chi connectivity index (χ4v) is 6.92. The second-order valence-corrected chi connectivity index (χ2v) is 14.4. The molecule has 0 radical (unpaired) electrons. The molecule has 1 heterocycles. The van der Waals surface area contributed by atoms with Gasteiger partial charge >= 0.3 is 5.97 Å². The predicted molar refractivity (Wildman–Crippen MR) is 208 cm³/mol. The number of thiophene rings is 1. The number of hydrogen-bond donors (Lipinski definition) is 1. The second-order valence-electron chi connectivity index (χ2n) is 12.7. The summed E-state index contributed by atoms with van der Waals surface area (Å²) in [5, 5.41) is 12.5. The molecule has 0 aliphatic rings. The lowest BCUT2D eigenvalue weighted by Gasteiger charge is -2.16. The largest absolute Gasteiger partial charge is 0.469 e. The van der Waals surface area contributed by atoms with Gasteiger partial charge < -0.3 is 10.1 Å². The van der Waals surface area contributed by atoms with E-state index in [-0.39, 0.29) is 24.0 Å². The van der Waals surface area contributed by atoms with Crippen LogP contribution < -0.4 is 5.32 Å². The molecule has 1 N–H and O–H groups in total. The molecule has 1 unspecified atom stereocenters. The molecule has 0 bridgehead atoms. The van der Waals surface area contributed by atoms with E-state index in [1.54, 1.807) is 12.1 Å². The molecule has 8 nitrogen and oxygen atoms in total. The number of hydrogen-bond acceptors (Lipinski definition) is 8. The SMILES string of the molecule is CCC/C(C)=N\N=C(/C)C(CC(=O)OC)N=C(c1ccc(Cl)cc1)c1c(C)sc(C(=O)NCCCc2cccc(C)c2C(=O)[C@H](C)CC)c1C. The molecule has 0 spiro atoms. The zero-order valence-electron chi connectivity index (χ0n) is 30.9. The third-order valence-electron chi connectivity index (χ3n) is 8.80. The third-order valence-corrected chi connectivity index (χ3v) is 10.3. The minimum Gasteiger partial charge on any atom is -0.469 e. The summed E-state index contributed by atoms with van der Waals surface area (Å²) < 4.78 is 5.02. The van der Waals surface area contributed by atoms with Gasteiger partial charge in [0.2, 0.25) is 0 Å². The Morgan fingerprint density at radius 3 is 2.32 bits per heavy atom. The summed E-state index contributed by atoms with van der Waals surface area (Å²) in [6.45, 7) is 16.2. The summed E-state index contributed by atoms with van der Waals surface area (Å²) in [5.41, 5.74) is 7.32. The van der Waals surface area contributed by atoms with E-state index in [9.17, 15) is 14.4 Å². The first kappa shape index (κ1) is 40.5. The molecule has 0 saturated heterocycles. The van der Waals surface area contributed by atoms with E-state index in [0.717, 1.165) is 63.2 Å². The van der Waals surface area contributed by atoms with Crippen molar-refractivity contribution < 1.29 is 19.1 Å². The number of esters is 1. The van der Waals surface area contributed by atoms with Gasteiger partial charge in [0.25, 0.3) is 5.91 Å². The number of halogens is 1. The number of rotatable bonds is 17. The van der Waals surface area contributed by atoms with Gasteiger partial charge in [-0.25, -0.2) is 0 Å². The highest BCUT2D eigenvalue weighted by Gasteiger charge is 2.26. The molecular formula is C40H51ClN4O4S. The van der Waals surface area contributed by atoms with Crippen molar-refractivity contribution in [3.63, 3.8) is 0 Å². The van der Waals surface area contributed by atoms with Gasteiger partial charge in [-0.1, -0.05) is 69.1 Å². The molecule has 0 aliphatic carbocycles. The van der Waals surface area contributed by atoms with Crippen LogP contribution in [0.2, 0.25) is 5.02 Å². The van der Waals surface area contributed by atoms with Gasteiger partial charge in [-0.2, -0.15) is 10.2 Å². The summed E-state index contributed by atoms with van der Waals surface area (Å²) in [4.78, 5) is 45.9. The van der Waals surface area contributed by atoms with Crippen molar-refractivity contribution in [2.45, 2.75) is 100.0 Å². The maximum absolute atomic E-state index is 13.6.